The van der Waals surface area contributed by atoms with E-state index in [4.69, 9.17) is 5.11 Å². The lowest BCUT2D eigenvalue weighted by Crippen LogP contribution is -2.45. The summed E-state index contributed by atoms with van der Waals surface area (Å²) >= 11 is 0. The van der Waals surface area contributed by atoms with Crippen LogP contribution in [-0.2, 0) is 18.4 Å². The van der Waals surface area contributed by atoms with Crippen molar-refractivity contribution in [3.8, 4) is 0 Å². The highest BCUT2D eigenvalue weighted by atomic mass is 16.4. The van der Waals surface area contributed by atoms with E-state index in [1.807, 2.05) is 6.20 Å². The molecule has 104 valence electrons. The smallest absolute Gasteiger partial charge is 0.315 e. The van der Waals surface area contributed by atoms with Crippen molar-refractivity contribution in [1.82, 2.24) is 20.4 Å². The number of hydrogen-bond acceptors (Lipinski definition) is 3. The zero-order valence-electron chi connectivity index (χ0n) is 10.8. The largest absolute Gasteiger partial charge is 0.481 e. The highest BCUT2D eigenvalue weighted by molar-refractivity contribution is 5.77. The van der Waals surface area contributed by atoms with E-state index >= 15 is 0 Å². The van der Waals surface area contributed by atoms with Crippen LogP contribution in [0.1, 0.15) is 24.8 Å². The summed E-state index contributed by atoms with van der Waals surface area (Å²) in [5, 5.41) is 18.5. The number of hydrogen-bond donors (Lipinski definition) is 3. The summed E-state index contributed by atoms with van der Waals surface area (Å²) in [5.41, 5.74) is 0.902. The molecule has 2 amide bonds. The molecule has 0 aliphatic heterocycles. The van der Waals surface area contributed by atoms with Gasteiger partial charge in [0.2, 0.25) is 0 Å². The summed E-state index contributed by atoms with van der Waals surface area (Å²) in [7, 11) is 1.81. The average molecular weight is 266 g/mol. The predicted octanol–water partition coefficient (Wildman–Crippen LogP) is 0.473. The molecule has 1 aliphatic carbocycles. The molecular weight excluding hydrogens is 248 g/mol. The van der Waals surface area contributed by atoms with Crippen molar-refractivity contribution < 1.29 is 14.7 Å². The second-order valence-corrected chi connectivity index (χ2v) is 4.83. The van der Waals surface area contributed by atoms with E-state index in [9.17, 15) is 9.59 Å². The topological polar surface area (TPSA) is 96.2 Å². The molecule has 1 saturated carbocycles. The number of carboxylic acids is 1. The van der Waals surface area contributed by atoms with Crippen molar-refractivity contribution in [2.24, 2.45) is 13.0 Å². The van der Waals surface area contributed by atoms with Crippen LogP contribution in [0, 0.1) is 5.92 Å². The molecule has 0 spiro atoms. The summed E-state index contributed by atoms with van der Waals surface area (Å²) in [6.45, 7) is 0.379. The SMILES string of the molecule is Cn1cc(CNC(=O)NC2CCCC2C(=O)O)cn1. The quantitative estimate of drug-likeness (QED) is 0.738. The molecule has 0 radical (unpaired) electrons. The van der Waals surface area contributed by atoms with E-state index in [0.29, 0.717) is 13.0 Å². The Morgan fingerprint density at radius 1 is 1.53 bits per heavy atom. The Morgan fingerprint density at radius 3 is 2.95 bits per heavy atom. The van der Waals surface area contributed by atoms with Gasteiger partial charge in [-0.15, -0.1) is 0 Å². The molecule has 2 atom stereocenters. The highest BCUT2D eigenvalue weighted by Gasteiger charge is 2.33. The second-order valence-electron chi connectivity index (χ2n) is 4.83. The molecule has 1 heterocycles. The minimum absolute atomic E-state index is 0.272. The molecule has 1 aromatic heterocycles. The summed E-state index contributed by atoms with van der Waals surface area (Å²) in [6.07, 6.45) is 5.68. The number of carbonyl (C=O) groups excluding carboxylic acids is 1. The maximum Gasteiger partial charge on any atom is 0.315 e. The number of amides is 2. The number of aliphatic carboxylic acids is 1. The van der Waals surface area contributed by atoms with Gasteiger partial charge in [0.25, 0.3) is 0 Å². The monoisotopic (exact) mass is 266 g/mol. The van der Waals surface area contributed by atoms with Crippen LogP contribution in [-0.4, -0.2) is 32.9 Å². The number of nitrogens with one attached hydrogen (secondary N) is 2. The van der Waals surface area contributed by atoms with Gasteiger partial charge in [-0.25, -0.2) is 4.79 Å². The molecule has 1 fully saturated rings. The van der Waals surface area contributed by atoms with Crippen molar-refractivity contribution in [3.63, 3.8) is 0 Å². The summed E-state index contributed by atoms with van der Waals surface area (Å²) < 4.78 is 1.66. The molecule has 7 nitrogen and oxygen atoms in total. The third-order valence-corrected chi connectivity index (χ3v) is 3.36. The number of carboxylic acid groups (broad SMARTS) is 1. The maximum absolute atomic E-state index is 11.7. The Bertz CT molecular complexity index is 471. The van der Waals surface area contributed by atoms with Crippen LogP contribution < -0.4 is 10.6 Å². The summed E-state index contributed by atoms with van der Waals surface area (Å²) in [4.78, 5) is 22.7. The van der Waals surface area contributed by atoms with Crippen molar-refractivity contribution in [3.05, 3.63) is 18.0 Å². The molecule has 2 rings (SSSR count). The van der Waals surface area contributed by atoms with Gasteiger partial charge in [0.1, 0.15) is 0 Å². The standard InChI is InChI=1S/C12H18N4O3/c1-16-7-8(6-14-16)5-13-12(19)15-10-4-2-3-9(10)11(17)18/h6-7,9-10H,2-5H2,1H3,(H,17,18)(H2,13,15,19). The lowest BCUT2D eigenvalue weighted by atomic mass is 10.0. The Hall–Kier alpha value is -2.05. The number of aryl methyl sites for hydroxylation is 1. The molecular formula is C12H18N4O3. The van der Waals surface area contributed by atoms with Crippen LogP contribution >= 0.6 is 0 Å². The van der Waals surface area contributed by atoms with Gasteiger partial charge < -0.3 is 15.7 Å². The predicted molar refractivity (Wildman–Crippen MR) is 67.3 cm³/mol. The number of aromatic nitrogens is 2. The second kappa shape index (κ2) is 5.73. The van der Waals surface area contributed by atoms with Crippen LogP contribution in [0.15, 0.2) is 12.4 Å². The van der Waals surface area contributed by atoms with Crippen LogP contribution in [0.3, 0.4) is 0 Å². The first-order chi connectivity index (χ1) is 9.06. The zero-order chi connectivity index (χ0) is 13.8. The average Bonchev–Trinajstić information content (AvgIpc) is 2.95. The molecule has 2 unspecified atom stereocenters. The van der Waals surface area contributed by atoms with Crippen LogP contribution in [0.5, 0.6) is 0 Å². The minimum Gasteiger partial charge on any atom is -0.481 e. The van der Waals surface area contributed by atoms with E-state index < -0.39 is 11.9 Å². The van der Waals surface area contributed by atoms with Gasteiger partial charge in [0.15, 0.2) is 0 Å². The summed E-state index contributed by atoms with van der Waals surface area (Å²) in [6, 6.07) is -0.603. The maximum atomic E-state index is 11.7. The first-order valence-corrected chi connectivity index (χ1v) is 6.31. The lowest BCUT2D eigenvalue weighted by Gasteiger charge is -2.17. The Balaban J connectivity index is 1.79. The van der Waals surface area contributed by atoms with Crippen LogP contribution in [0.2, 0.25) is 0 Å². The van der Waals surface area contributed by atoms with Crippen LogP contribution in [0.25, 0.3) is 0 Å². The van der Waals surface area contributed by atoms with Crippen molar-refractivity contribution in [1.29, 1.82) is 0 Å². The van der Waals surface area contributed by atoms with E-state index in [1.54, 1.807) is 17.9 Å². The van der Waals surface area contributed by atoms with Gasteiger partial charge in [-0.1, -0.05) is 6.42 Å². The number of nitrogens with zero attached hydrogens (tertiary/aromatic N) is 2. The third kappa shape index (κ3) is 3.46. The Labute approximate surface area is 111 Å². The molecule has 0 saturated heterocycles. The lowest BCUT2D eigenvalue weighted by molar-refractivity contribution is -0.142. The van der Waals surface area contributed by atoms with Gasteiger partial charge in [-0.05, 0) is 12.8 Å². The van der Waals surface area contributed by atoms with Gasteiger partial charge >= 0.3 is 12.0 Å². The van der Waals surface area contributed by atoms with Crippen LogP contribution in [0.4, 0.5) is 4.79 Å². The van der Waals surface area contributed by atoms with Gasteiger partial charge in [0.05, 0.1) is 12.1 Å². The molecule has 19 heavy (non-hydrogen) atoms. The molecule has 7 heteroatoms. The molecule has 1 aromatic rings. The molecule has 0 bridgehead atoms. The van der Waals surface area contributed by atoms with Gasteiger partial charge in [-0.3, -0.25) is 9.48 Å². The van der Waals surface area contributed by atoms with Crippen molar-refractivity contribution in [2.45, 2.75) is 31.8 Å². The van der Waals surface area contributed by atoms with E-state index in [0.717, 1.165) is 18.4 Å². The van der Waals surface area contributed by atoms with Crippen molar-refractivity contribution >= 4 is 12.0 Å². The fourth-order valence-electron chi connectivity index (χ4n) is 2.39. The minimum atomic E-state index is -0.838. The fourth-order valence-corrected chi connectivity index (χ4v) is 2.39. The Morgan fingerprint density at radius 2 is 2.32 bits per heavy atom. The van der Waals surface area contributed by atoms with E-state index in [2.05, 4.69) is 15.7 Å². The van der Waals surface area contributed by atoms with Gasteiger partial charge in [0, 0.05) is 31.4 Å². The highest BCUT2D eigenvalue weighted by Crippen LogP contribution is 2.25. The number of urea groups is 1. The first-order valence-electron chi connectivity index (χ1n) is 6.31. The molecule has 3 N–H and O–H groups in total. The Kier molecular flexibility index (Phi) is 4.03. The third-order valence-electron chi connectivity index (χ3n) is 3.36. The van der Waals surface area contributed by atoms with E-state index in [1.165, 1.54) is 0 Å². The molecule has 1 aliphatic rings. The number of rotatable bonds is 4. The van der Waals surface area contributed by atoms with Crippen molar-refractivity contribution in [2.75, 3.05) is 0 Å². The zero-order valence-corrected chi connectivity index (χ0v) is 10.8. The molecule has 0 aromatic carbocycles. The fraction of sp³-hybridized carbons (Fsp3) is 0.583. The normalized spacial score (nSPS) is 22.2. The van der Waals surface area contributed by atoms with Gasteiger partial charge in [-0.2, -0.15) is 5.10 Å². The first kappa shape index (κ1) is 13.4. The number of carbonyl (C=O) groups is 2. The van der Waals surface area contributed by atoms with E-state index in [-0.39, 0.29) is 12.1 Å². The summed E-state index contributed by atoms with van der Waals surface area (Å²) in [5.74, 6) is -1.31.